The van der Waals surface area contributed by atoms with Crippen LogP contribution in [0.4, 0.5) is 0 Å². The first-order valence-electron chi connectivity index (χ1n) is 10.1. The number of methoxy groups -OCH3 is 1. The van der Waals surface area contributed by atoms with Gasteiger partial charge in [-0.15, -0.1) is 0 Å². The zero-order valence-corrected chi connectivity index (χ0v) is 16.4. The Morgan fingerprint density at radius 2 is 1.79 bits per heavy atom. The Morgan fingerprint density at radius 1 is 1.07 bits per heavy atom. The van der Waals surface area contributed by atoms with Crippen LogP contribution in [-0.2, 0) is 0 Å². The van der Waals surface area contributed by atoms with Crippen LogP contribution in [0.2, 0.25) is 0 Å². The zero-order chi connectivity index (χ0) is 19.3. The first-order chi connectivity index (χ1) is 13.8. The second kappa shape index (κ2) is 8.57. The molecule has 3 aromatic rings. The van der Waals surface area contributed by atoms with Crippen LogP contribution in [0, 0.1) is 0 Å². The van der Waals surface area contributed by atoms with E-state index in [-0.39, 0.29) is 5.78 Å². The number of para-hydroxylation sites is 2. The molecule has 0 unspecified atom stereocenters. The van der Waals surface area contributed by atoms with Crippen LogP contribution in [0.5, 0.6) is 6.01 Å². The van der Waals surface area contributed by atoms with E-state index in [9.17, 15) is 4.79 Å². The maximum absolute atomic E-state index is 12.2. The Bertz CT molecular complexity index is 927. The third-order valence-electron chi connectivity index (χ3n) is 5.64. The minimum Gasteiger partial charge on any atom is -0.468 e. The summed E-state index contributed by atoms with van der Waals surface area (Å²) in [5.41, 5.74) is 2.95. The monoisotopic (exact) mass is 377 g/mol. The summed E-state index contributed by atoms with van der Waals surface area (Å²) >= 11 is 0. The van der Waals surface area contributed by atoms with Gasteiger partial charge >= 0.3 is 0 Å². The maximum atomic E-state index is 12.2. The number of Topliss-reactive ketones (excluding diaryl/α,β-unsaturated/α-hetero) is 1. The predicted octanol–water partition coefficient (Wildman–Crippen LogP) is 4.34. The van der Waals surface area contributed by atoms with Crippen LogP contribution in [-0.4, -0.2) is 47.0 Å². The number of carbonyl (C=O) groups is 1. The van der Waals surface area contributed by atoms with Crippen molar-refractivity contribution in [3.8, 4) is 6.01 Å². The molecule has 0 bridgehead atoms. The van der Waals surface area contributed by atoms with Crippen LogP contribution >= 0.6 is 0 Å². The molecule has 2 heterocycles. The van der Waals surface area contributed by atoms with E-state index in [1.54, 1.807) is 7.11 Å². The number of benzene rings is 2. The molecule has 0 aliphatic carbocycles. The average Bonchev–Trinajstić information content (AvgIpc) is 3.13. The second-order valence-corrected chi connectivity index (χ2v) is 7.42. The van der Waals surface area contributed by atoms with Gasteiger partial charge < -0.3 is 9.64 Å². The van der Waals surface area contributed by atoms with E-state index in [4.69, 9.17) is 4.74 Å². The highest BCUT2D eigenvalue weighted by Gasteiger charge is 2.24. The number of aromatic nitrogens is 2. The normalized spacial score (nSPS) is 15.8. The van der Waals surface area contributed by atoms with Gasteiger partial charge in [0.25, 0.3) is 6.01 Å². The highest BCUT2D eigenvalue weighted by atomic mass is 16.5. The molecule has 0 saturated carbocycles. The van der Waals surface area contributed by atoms with Crippen molar-refractivity contribution in [1.29, 1.82) is 0 Å². The minimum absolute atomic E-state index is 0.241. The van der Waals surface area contributed by atoms with Crippen LogP contribution in [0.1, 0.15) is 42.1 Å². The molecule has 0 radical (unpaired) electrons. The van der Waals surface area contributed by atoms with Gasteiger partial charge in [0.05, 0.1) is 18.1 Å². The van der Waals surface area contributed by atoms with E-state index in [1.807, 2.05) is 42.5 Å². The zero-order valence-electron chi connectivity index (χ0n) is 16.4. The number of piperidine rings is 1. The minimum atomic E-state index is 0.241. The fourth-order valence-electron chi connectivity index (χ4n) is 4.15. The van der Waals surface area contributed by atoms with E-state index in [0.717, 1.165) is 55.5 Å². The van der Waals surface area contributed by atoms with Crippen LogP contribution in [0.15, 0.2) is 54.6 Å². The number of ether oxygens (including phenoxy) is 1. The van der Waals surface area contributed by atoms with Crippen molar-refractivity contribution in [2.24, 2.45) is 0 Å². The molecule has 2 aromatic carbocycles. The molecule has 1 aromatic heterocycles. The smallest absolute Gasteiger partial charge is 0.297 e. The maximum Gasteiger partial charge on any atom is 0.297 e. The summed E-state index contributed by atoms with van der Waals surface area (Å²) in [5, 5.41) is 0. The van der Waals surface area contributed by atoms with Gasteiger partial charge in [-0.2, -0.15) is 4.98 Å². The lowest BCUT2D eigenvalue weighted by Crippen LogP contribution is -2.35. The van der Waals surface area contributed by atoms with Gasteiger partial charge in [-0.3, -0.25) is 9.36 Å². The summed E-state index contributed by atoms with van der Waals surface area (Å²) in [6.45, 7) is 3.06. The van der Waals surface area contributed by atoms with Gasteiger partial charge in [-0.25, -0.2) is 0 Å². The molecule has 1 aliphatic rings. The largest absolute Gasteiger partial charge is 0.468 e. The Balaban J connectivity index is 1.31. The summed E-state index contributed by atoms with van der Waals surface area (Å²) < 4.78 is 7.80. The standard InChI is InChI=1S/C23H27N3O2/c1-28-23-24-20-10-5-6-11-21(20)26(23)19-13-16-25(17-14-19)15-7-12-22(27)18-8-3-2-4-9-18/h2-6,8-11,19H,7,12-17H2,1H3. The fourth-order valence-corrected chi connectivity index (χ4v) is 4.15. The van der Waals surface area contributed by atoms with Gasteiger partial charge in [-0.1, -0.05) is 42.5 Å². The van der Waals surface area contributed by atoms with Crippen molar-refractivity contribution < 1.29 is 9.53 Å². The highest BCUT2D eigenvalue weighted by Crippen LogP contribution is 2.32. The summed E-state index contributed by atoms with van der Waals surface area (Å²) in [6.07, 6.45) is 3.67. The molecule has 0 N–H and O–H groups in total. The van der Waals surface area contributed by atoms with E-state index in [2.05, 4.69) is 26.6 Å². The molecule has 1 saturated heterocycles. The molecule has 0 spiro atoms. The molecule has 0 amide bonds. The molecule has 146 valence electrons. The van der Waals surface area contributed by atoms with Crippen LogP contribution < -0.4 is 4.74 Å². The van der Waals surface area contributed by atoms with E-state index < -0.39 is 0 Å². The molecule has 28 heavy (non-hydrogen) atoms. The van der Waals surface area contributed by atoms with Crippen LogP contribution in [0.3, 0.4) is 0 Å². The van der Waals surface area contributed by atoms with E-state index >= 15 is 0 Å². The SMILES string of the molecule is COc1nc2ccccc2n1C1CCN(CCCC(=O)c2ccccc2)CC1. The topological polar surface area (TPSA) is 47.4 Å². The third-order valence-corrected chi connectivity index (χ3v) is 5.64. The van der Waals surface area contributed by atoms with Crippen molar-refractivity contribution >= 4 is 16.8 Å². The average molecular weight is 377 g/mol. The molecular formula is C23H27N3O2. The third kappa shape index (κ3) is 3.94. The quantitative estimate of drug-likeness (QED) is 0.575. The van der Waals surface area contributed by atoms with Crippen molar-refractivity contribution in [2.45, 2.75) is 31.7 Å². The van der Waals surface area contributed by atoms with Crippen molar-refractivity contribution in [2.75, 3.05) is 26.7 Å². The molecule has 0 atom stereocenters. The second-order valence-electron chi connectivity index (χ2n) is 7.42. The van der Waals surface area contributed by atoms with Gasteiger partial charge in [0.2, 0.25) is 0 Å². The van der Waals surface area contributed by atoms with Crippen molar-refractivity contribution in [1.82, 2.24) is 14.5 Å². The summed E-state index contributed by atoms with van der Waals surface area (Å²) in [7, 11) is 1.69. The summed E-state index contributed by atoms with van der Waals surface area (Å²) in [6, 6.07) is 18.9. The Hall–Kier alpha value is -2.66. The van der Waals surface area contributed by atoms with Gasteiger partial charge in [0, 0.05) is 31.1 Å². The lowest BCUT2D eigenvalue weighted by atomic mass is 10.0. The van der Waals surface area contributed by atoms with Gasteiger partial charge in [0.15, 0.2) is 5.78 Å². The molecule has 1 aliphatic heterocycles. The lowest BCUT2D eigenvalue weighted by Gasteiger charge is -2.33. The van der Waals surface area contributed by atoms with Crippen molar-refractivity contribution in [3.63, 3.8) is 0 Å². The number of fused-ring (bicyclic) bond motifs is 1. The molecular weight excluding hydrogens is 350 g/mol. The fraction of sp³-hybridized carbons (Fsp3) is 0.391. The molecule has 5 heteroatoms. The lowest BCUT2D eigenvalue weighted by molar-refractivity contribution is 0.0970. The molecule has 1 fully saturated rings. The van der Waals surface area contributed by atoms with E-state index in [1.165, 1.54) is 0 Å². The summed E-state index contributed by atoms with van der Waals surface area (Å²) in [4.78, 5) is 19.3. The Labute approximate surface area is 165 Å². The number of hydrogen-bond acceptors (Lipinski definition) is 4. The van der Waals surface area contributed by atoms with Crippen LogP contribution in [0.25, 0.3) is 11.0 Å². The Morgan fingerprint density at radius 3 is 2.54 bits per heavy atom. The van der Waals surface area contributed by atoms with Gasteiger partial charge in [0.1, 0.15) is 0 Å². The van der Waals surface area contributed by atoms with Crippen molar-refractivity contribution in [3.05, 3.63) is 60.2 Å². The predicted molar refractivity (Wildman–Crippen MR) is 111 cm³/mol. The molecule has 5 nitrogen and oxygen atoms in total. The number of hydrogen-bond donors (Lipinski definition) is 0. The summed E-state index contributed by atoms with van der Waals surface area (Å²) in [5.74, 6) is 0.241. The number of imidazole rings is 1. The number of ketones is 1. The Kier molecular flexibility index (Phi) is 5.72. The highest BCUT2D eigenvalue weighted by molar-refractivity contribution is 5.95. The first kappa shape index (κ1) is 18.7. The van der Waals surface area contributed by atoms with Gasteiger partial charge in [-0.05, 0) is 37.9 Å². The first-order valence-corrected chi connectivity index (χ1v) is 10.1. The number of carbonyl (C=O) groups excluding carboxylic acids is 1. The number of rotatable bonds is 7. The number of nitrogens with zero attached hydrogens (tertiary/aromatic N) is 3. The molecule has 4 rings (SSSR count). The van der Waals surface area contributed by atoms with E-state index in [0.29, 0.717) is 18.5 Å². The number of likely N-dealkylation sites (tertiary alicyclic amines) is 1.